The number of hydrogen-bond acceptors (Lipinski definition) is 5. The summed E-state index contributed by atoms with van der Waals surface area (Å²) in [5.74, 6) is 1.81. The van der Waals surface area contributed by atoms with Gasteiger partial charge in [-0.1, -0.05) is 19.9 Å². The Bertz CT molecular complexity index is 734. The molecule has 0 aliphatic rings. The molecule has 2 rings (SSSR count). The fraction of sp³-hybridized carbons (Fsp3) is 0.474. The first-order valence-electron chi connectivity index (χ1n) is 8.94. The van der Waals surface area contributed by atoms with Crippen LogP contribution < -0.4 is 15.4 Å². The number of thiazole rings is 1. The molecule has 27 heavy (non-hydrogen) atoms. The number of phenols is 1. The topological polar surface area (TPSA) is 78.8 Å². The summed E-state index contributed by atoms with van der Waals surface area (Å²) in [5.41, 5.74) is 2.10. The average molecular weight is 504 g/mol. The van der Waals surface area contributed by atoms with E-state index < -0.39 is 0 Å². The summed E-state index contributed by atoms with van der Waals surface area (Å²) >= 11 is 1.66. The Morgan fingerprint density at radius 3 is 2.70 bits per heavy atom. The quantitative estimate of drug-likeness (QED) is 0.285. The van der Waals surface area contributed by atoms with Crippen LogP contribution in [0.1, 0.15) is 49.9 Å². The predicted octanol–water partition coefficient (Wildman–Crippen LogP) is 4.24. The largest absolute Gasteiger partial charge is 0.504 e. The number of aromatic nitrogens is 1. The number of nitrogens with one attached hydrogen (secondary N) is 2. The van der Waals surface area contributed by atoms with E-state index >= 15 is 0 Å². The smallest absolute Gasteiger partial charge is 0.191 e. The first kappa shape index (κ1) is 23.5. The van der Waals surface area contributed by atoms with Crippen LogP contribution in [0.3, 0.4) is 0 Å². The van der Waals surface area contributed by atoms with Gasteiger partial charge in [-0.3, -0.25) is 0 Å². The number of guanidine groups is 1. The molecule has 2 aromatic rings. The number of nitrogens with zero attached hydrogens (tertiary/aromatic N) is 2. The maximum atomic E-state index is 9.79. The highest BCUT2D eigenvalue weighted by Crippen LogP contribution is 2.27. The van der Waals surface area contributed by atoms with Crippen LogP contribution in [0.4, 0.5) is 0 Å². The van der Waals surface area contributed by atoms with Gasteiger partial charge in [0.1, 0.15) is 5.01 Å². The molecule has 0 amide bonds. The zero-order valence-electron chi connectivity index (χ0n) is 16.3. The van der Waals surface area contributed by atoms with Gasteiger partial charge < -0.3 is 20.5 Å². The molecule has 3 N–H and O–H groups in total. The number of benzene rings is 1. The Kier molecular flexibility index (Phi) is 10.5. The summed E-state index contributed by atoms with van der Waals surface area (Å²) in [6.45, 7) is 10.6. The highest BCUT2D eigenvalue weighted by Gasteiger charge is 2.07. The van der Waals surface area contributed by atoms with E-state index in [9.17, 15) is 5.11 Å². The van der Waals surface area contributed by atoms with Gasteiger partial charge in [-0.2, -0.15) is 0 Å². The van der Waals surface area contributed by atoms with Crippen molar-refractivity contribution in [3.63, 3.8) is 0 Å². The predicted molar refractivity (Wildman–Crippen MR) is 123 cm³/mol. The molecule has 0 aliphatic carbocycles. The molecular formula is C19H29IN4O2S. The number of aromatic hydroxyl groups is 1. The van der Waals surface area contributed by atoms with E-state index in [-0.39, 0.29) is 29.7 Å². The maximum absolute atomic E-state index is 9.79. The minimum atomic E-state index is 0. The molecule has 0 saturated carbocycles. The van der Waals surface area contributed by atoms with Gasteiger partial charge >= 0.3 is 0 Å². The number of halogens is 1. The molecule has 0 atom stereocenters. The summed E-state index contributed by atoms with van der Waals surface area (Å²) in [5, 5.41) is 19.5. The summed E-state index contributed by atoms with van der Waals surface area (Å²) in [6.07, 6.45) is 0. The molecule has 0 aliphatic heterocycles. The second-order valence-corrected chi connectivity index (χ2v) is 7.05. The van der Waals surface area contributed by atoms with E-state index in [4.69, 9.17) is 4.74 Å². The normalized spacial score (nSPS) is 11.2. The molecule has 150 valence electrons. The van der Waals surface area contributed by atoms with E-state index in [2.05, 4.69) is 39.8 Å². The average Bonchev–Trinajstić information content (AvgIpc) is 3.09. The third-order valence-electron chi connectivity index (χ3n) is 3.66. The van der Waals surface area contributed by atoms with Gasteiger partial charge in [-0.05, 0) is 37.5 Å². The number of rotatable bonds is 8. The van der Waals surface area contributed by atoms with Gasteiger partial charge in [0.2, 0.25) is 0 Å². The molecule has 1 heterocycles. The number of hydrogen-bond donors (Lipinski definition) is 3. The summed E-state index contributed by atoms with van der Waals surface area (Å²) in [7, 11) is 0. The van der Waals surface area contributed by atoms with Crippen molar-refractivity contribution in [1.29, 1.82) is 0 Å². The van der Waals surface area contributed by atoms with Gasteiger partial charge in [0.15, 0.2) is 17.5 Å². The van der Waals surface area contributed by atoms with Gasteiger partial charge in [0.05, 0.1) is 25.4 Å². The third kappa shape index (κ3) is 7.53. The highest BCUT2D eigenvalue weighted by molar-refractivity contribution is 14.0. The monoisotopic (exact) mass is 504 g/mol. The van der Waals surface area contributed by atoms with Crippen LogP contribution in [0.15, 0.2) is 28.6 Å². The first-order chi connectivity index (χ1) is 12.5. The van der Waals surface area contributed by atoms with Crippen molar-refractivity contribution in [3.8, 4) is 11.5 Å². The molecule has 0 spiro atoms. The van der Waals surface area contributed by atoms with E-state index in [0.717, 1.165) is 28.8 Å². The van der Waals surface area contributed by atoms with Gasteiger partial charge in [-0.15, -0.1) is 35.3 Å². The number of ether oxygens (including phenoxy) is 1. The van der Waals surface area contributed by atoms with Crippen molar-refractivity contribution in [2.45, 2.75) is 46.7 Å². The Hall–Kier alpha value is -1.55. The minimum absolute atomic E-state index is 0. The van der Waals surface area contributed by atoms with Crippen LogP contribution >= 0.6 is 35.3 Å². The molecule has 0 bridgehead atoms. The van der Waals surface area contributed by atoms with Crippen molar-refractivity contribution in [2.24, 2.45) is 4.99 Å². The first-order valence-corrected chi connectivity index (χ1v) is 9.82. The molecule has 0 saturated heterocycles. The zero-order chi connectivity index (χ0) is 18.9. The van der Waals surface area contributed by atoms with E-state index in [1.807, 2.05) is 26.0 Å². The van der Waals surface area contributed by atoms with Crippen molar-refractivity contribution >= 4 is 41.3 Å². The third-order valence-corrected chi connectivity index (χ3v) is 4.52. The zero-order valence-corrected chi connectivity index (χ0v) is 19.4. The van der Waals surface area contributed by atoms with Crippen LogP contribution in [-0.2, 0) is 13.1 Å². The van der Waals surface area contributed by atoms with E-state index in [1.165, 1.54) is 0 Å². The lowest BCUT2D eigenvalue weighted by atomic mass is 10.2. The van der Waals surface area contributed by atoms with E-state index in [1.54, 1.807) is 17.4 Å². The Morgan fingerprint density at radius 1 is 1.30 bits per heavy atom. The Balaban J connectivity index is 0.00000364. The molecule has 8 heteroatoms. The van der Waals surface area contributed by atoms with Crippen molar-refractivity contribution < 1.29 is 9.84 Å². The summed E-state index contributed by atoms with van der Waals surface area (Å²) < 4.78 is 5.42. The molecule has 1 aromatic carbocycles. The van der Waals surface area contributed by atoms with Crippen LogP contribution in [0.5, 0.6) is 11.5 Å². The Morgan fingerprint density at radius 2 is 2.07 bits per heavy atom. The van der Waals surface area contributed by atoms with Crippen LogP contribution in [0.2, 0.25) is 0 Å². The van der Waals surface area contributed by atoms with Crippen LogP contribution in [0.25, 0.3) is 0 Å². The van der Waals surface area contributed by atoms with Crippen molar-refractivity contribution in [1.82, 2.24) is 15.6 Å². The fourth-order valence-electron chi connectivity index (χ4n) is 2.27. The molecule has 6 nitrogen and oxygen atoms in total. The van der Waals surface area contributed by atoms with Gasteiger partial charge in [0.25, 0.3) is 0 Å². The maximum Gasteiger partial charge on any atom is 0.191 e. The molecule has 0 radical (unpaired) electrons. The van der Waals surface area contributed by atoms with Gasteiger partial charge in [0, 0.05) is 11.9 Å². The highest BCUT2D eigenvalue weighted by atomic mass is 127. The van der Waals surface area contributed by atoms with Gasteiger partial charge in [-0.25, -0.2) is 9.98 Å². The second kappa shape index (κ2) is 12.0. The molecule has 0 unspecified atom stereocenters. The molecule has 1 aromatic heterocycles. The lowest BCUT2D eigenvalue weighted by Gasteiger charge is -2.11. The van der Waals surface area contributed by atoms with Crippen molar-refractivity contribution in [2.75, 3.05) is 13.2 Å². The second-order valence-electron chi connectivity index (χ2n) is 6.10. The van der Waals surface area contributed by atoms with E-state index in [0.29, 0.717) is 31.4 Å². The lowest BCUT2D eigenvalue weighted by molar-refractivity contribution is 0.318. The Labute approximate surface area is 182 Å². The van der Waals surface area contributed by atoms with Crippen molar-refractivity contribution in [3.05, 3.63) is 39.8 Å². The summed E-state index contributed by atoms with van der Waals surface area (Å²) in [4.78, 5) is 9.24. The SMILES string of the molecule is CCNC(=NCc1ccc(O)c(OCC)c1)NCc1nc(C(C)C)cs1.I. The minimum Gasteiger partial charge on any atom is -0.504 e. The molecule has 0 fully saturated rings. The van der Waals surface area contributed by atoms with Crippen LogP contribution in [-0.4, -0.2) is 29.2 Å². The number of aliphatic imine (C=N–C) groups is 1. The molecular weight excluding hydrogens is 475 g/mol. The summed E-state index contributed by atoms with van der Waals surface area (Å²) in [6, 6.07) is 5.31. The lowest BCUT2D eigenvalue weighted by Crippen LogP contribution is -2.36. The standard InChI is InChI=1S/C19H28N4O2S.HI/c1-5-20-19(22-11-18-23-15(12-26-18)13(3)4)21-10-14-7-8-16(24)17(9-14)25-6-2;/h7-9,12-13,24H,5-6,10-11H2,1-4H3,(H2,20,21,22);1H. The number of phenolic OH excluding ortho intramolecular Hbond substituents is 1. The fourth-order valence-corrected chi connectivity index (χ4v) is 3.17. The van der Waals surface area contributed by atoms with Crippen LogP contribution in [0, 0.1) is 0 Å².